The van der Waals surface area contributed by atoms with Crippen LogP contribution in [0, 0.1) is 0 Å². The first-order valence-electron chi connectivity index (χ1n) is 10.4. The van der Waals surface area contributed by atoms with Gasteiger partial charge >= 0.3 is 5.97 Å². The molecular weight excluding hydrogens is 408 g/mol. The Morgan fingerprint density at radius 3 is 2.56 bits per heavy atom. The monoisotopic (exact) mass is 432 g/mol. The predicted molar refractivity (Wildman–Crippen MR) is 125 cm³/mol. The van der Waals surface area contributed by atoms with Crippen LogP contribution in [0.3, 0.4) is 0 Å². The third kappa shape index (κ3) is 3.36. The summed E-state index contributed by atoms with van der Waals surface area (Å²) in [5.41, 5.74) is 10.1. The van der Waals surface area contributed by atoms with Crippen molar-refractivity contribution in [3.63, 3.8) is 0 Å². The number of carbonyl (C=O) groups excluding carboxylic acids is 1. The van der Waals surface area contributed by atoms with Crippen molar-refractivity contribution >= 4 is 39.3 Å². The Kier molecular flexibility index (Phi) is 4.82. The Labute approximate surface area is 183 Å². The molecule has 32 heavy (non-hydrogen) atoms. The molecule has 3 heterocycles. The van der Waals surface area contributed by atoms with E-state index in [1.54, 1.807) is 18.2 Å². The van der Waals surface area contributed by atoms with Crippen molar-refractivity contribution in [3.05, 3.63) is 52.3 Å². The maximum Gasteiger partial charge on any atom is 0.337 e. The zero-order valence-electron chi connectivity index (χ0n) is 17.9. The number of esters is 1. The zero-order valence-corrected chi connectivity index (χ0v) is 17.9. The normalized spacial score (nSPS) is 14.9. The standard InChI is InChI=1S/C23H24N6O3/c1-28-7-9-29(10-8-28)14-4-6-17-18(12-14)26-21(25-17)19-20(24)15-11-13(23(31)32-2)3-5-16(15)27-22(19)30/h3-6,11-12H,7-10H2,1-2H3,(H,25,26)(H3,24,27,30). The van der Waals surface area contributed by atoms with Gasteiger partial charge in [0, 0.05) is 37.3 Å². The van der Waals surface area contributed by atoms with Gasteiger partial charge in [-0.3, -0.25) is 4.79 Å². The molecule has 0 atom stereocenters. The molecule has 2 aromatic carbocycles. The van der Waals surface area contributed by atoms with Crippen LogP contribution in [-0.2, 0) is 4.74 Å². The van der Waals surface area contributed by atoms with Crippen LogP contribution in [0.25, 0.3) is 33.3 Å². The lowest BCUT2D eigenvalue weighted by molar-refractivity contribution is 0.0601. The number of methoxy groups -OCH3 is 1. The van der Waals surface area contributed by atoms with E-state index in [-0.39, 0.29) is 16.8 Å². The number of hydrogen-bond donors (Lipinski definition) is 3. The molecule has 9 nitrogen and oxygen atoms in total. The molecule has 1 saturated heterocycles. The molecule has 0 saturated carbocycles. The number of nitrogens with one attached hydrogen (secondary N) is 2. The molecule has 1 aliphatic rings. The highest BCUT2D eigenvalue weighted by atomic mass is 16.5. The van der Waals surface area contributed by atoms with E-state index < -0.39 is 5.97 Å². The van der Waals surface area contributed by atoms with Crippen molar-refractivity contribution in [2.75, 3.05) is 51.0 Å². The molecule has 0 aliphatic carbocycles. The molecule has 4 N–H and O–H groups in total. The SMILES string of the molecule is COC(=O)c1ccc2[nH]c(=O)c(-c3nc4cc(N5CCN(C)CC5)ccc4[nH]3)c(N)c2c1. The molecule has 2 aromatic heterocycles. The summed E-state index contributed by atoms with van der Waals surface area (Å²) >= 11 is 0. The number of piperazine rings is 1. The summed E-state index contributed by atoms with van der Waals surface area (Å²) in [5, 5.41) is 0.557. The maximum absolute atomic E-state index is 12.9. The molecule has 0 bridgehead atoms. The molecule has 164 valence electrons. The number of ether oxygens (including phenoxy) is 1. The molecule has 1 aliphatic heterocycles. The minimum absolute atomic E-state index is 0.247. The Bertz CT molecular complexity index is 1400. The number of H-pyrrole nitrogens is 2. The van der Waals surface area contributed by atoms with Gasteiger partial charge in [0.15, 0.2) is 0 Å². The van der Waals surface area contributed by atoms with Gasteiger partial charge in [-0.25, -0.2) is 9.78 Å². The lowest BCUT2D eigenvalue weighted by Gasteiger charge is -2.34. The van der Waals surface area contributed by atoms with Gasteiger partial charge in [-0.2, -0.15) is 0 Å². The maximum atomic E-state index is 12.9. The van der Waals surface area contributed by atoms with Crippen LogP contribution in [0.5, 0.6) is 0 Å². The minimum Gasteiger partial charge on any atom is -0.465 e. The highest BCUT2D eigenvalue weighted by Gasteiger charge is 2.19. The van der Waals surface area contributed by atoms with E-state index in [0.29, 0.717) is 22.3 Å². The Morgan fingerprint density at radius 2 is 1.81 bits per heavy atom. The average Bonchev–Trinajstić information content (AvgIpc) is 3.21. The van der Waals surface area contributed by atoms with E-state index in [4.69, 9.17) is 10.5 Å². The summed E-state index contributed by atoms with van der Waals surface area (Å²) < 4.78 is 4.79. The highest BCUT2D eigenvalue weighted by Crippen LogP contribution is 2.30. The number of benzene rings is 2. The summed E-state index contributed by atoms with van der Waals surface area (Å²) in [6.07, 6.45) is 0. The van der Waals surface area contributed by atoms with Crippen molar-refractivity contribution in [3.8, 4) is 11.4 Å². The zero-order chi connectivity index (χ0) is 22.4. The summed E-state index contributed by atoms with van der Waals surface area (Å²) in [5.74, 6) is -0.0844. The van der Waals surface area contributed by atoms with E-state index in [1.165, 1.54) is 7.11 Å². The molecule has 0 amide bonds. The Hall–Kier alpha value is -3.85. The van der Waals surface area contributed by atoms with Crippen LogP contribution in [-0.4, -0.2) is 66.2 Å². The van der Waals surface area contributed by atoms with Gasteiger partial charge in [0.25, 0.3) is 5.56 Å². The highest BCUT2D eigenvalue weighted by molar-refractivity contribution is 6.02. The predicted octanol–water partition coefficient (Wildman–Crippen LogP) is 2.19. The van der Waals surface area contributed by atoms with Gasteiger partial charge in [-0.1, -0.05) is 0 Å². The number of anilines is 2. The lowest BCUT2D eigenvalue weighted by Crippen LogP contribution is -2.44. The topological polar surface area (TPSA) is 120 Å². The fourth-order valence-corrected chi connectivity index (χ4v) is 4.17. The summed E-state index contributed by atoms with van der Waals surface area (Å²) in [6.45, 7) is 3.94. The third-order valence-corrected chi connectivity index (χ3v) is 6.05. The largest absolute Gasteiger partial charge is 0.465 e. The average molecular weight is 432 g/mol. The van der Waals surface area contributed by atoms with Gasteiger partial charge in [0.1, 0.15) is 11.4 Å². The Balaban J connectivity index is 1.59. The summed E-state index contributed by atoms with van der Waals surface area (Å²) in [6, 6.07) is 10.9. The number of nitrogens with two attached hydrogens (primary N) is 1. The quantitative estimate of drug-likeness (QED) is 0.425. The first kappa shape index (κ1) is 20.1. The first-order valence-corrected chi connectivity index (χ1v) is 10.4. The second-order valence-electron chi connectivity index (χ2n) is 8.07. The minimum atomic E-state index is -0.473. The summed E-state index contributed by atoms with van der Waals surface area (Å²) in [7, 11) is 3.44. The second-order valence-corrected chi connectivity index (χ2v) is 8.07. The number of hydrogen-bond acceptors (Lipinski definition) is 7. The van der Waals surface area contributed by atoms with E-state index in [2.05, 4.69) is 37.9 Å². The van der Waals surface area contributed by atoms with Gasteiger partial charge in [0.2, 0.25) is 0 Å². The number of likely N-dealkylation sites (N-methyl/N-ethyl adjacent to an activating group) is 1. The fourth-order valence-electron chi connectivity index (χ4n) is 4.17. The molecule has 9 heteroatoms. The van der Waals surface area contributed by atoms with Gasteiger partial charge < -0.3 is 30.2 Å². The van der Waals surface area contributed by atoms with Gasteiger partial charge in [-0.15, -0.1) is 0 Å². The van der Waals surface area contributed by atoms with Crippen LogP contribution >= 0.6 is 0 Å². The molecule has 0 radical (unpaired) electrons. The van der Waals surface area contributed by atoms with Gasteiger partial charge in [-0.05, 0) is 43.4 Å². The second kappa shape index (κ2) is 7.69. The molecule has 0 unspecified atom stereocenters. The van der Waals surface area contributed by atoms with Crippen LogP contribution in [0.1, 0.15) is 10.4 Å². The van der Waals surface area contributed by atoms with E-state index in [0.717, 1.165) is 42.9 Å². The van der Waals surface area contributed by atoms with Crippen molar-refractivity contribution in [2.45, 2.75) is 0 Å². The van der Waals surface area contributed by atoms with Crippen LogP contribution in [0.2, 0.25) is 0 Å². The first-order chi connectivity index (χ1) is 15.4. The van der Waals surface area contributed by atoms with E-state index in [1.807, 2.05) is 12.1 Å². The number of rotatable bonds is 3. The van der Waals surface area contributed by atoms with Crippen molar-refractivity contribution in [1.29, 1.82) is 0 Å². The molecule has 4 aromatic rings. The number of pyridine rings is 1. The third-order valence-electron chi connectivity index (χ3n) is 6.05. The van der Waals surface area contributed by atoms with Crippen LogP contribution < -0.4 is 16.2 Å². The fraction of sp³-hybridized carbons (Fsp3) is 0.261. The van der Waals surface area contributed by atoms with E-state index >= 15 is 0 Å². The number of aromatic amines is 2. The van der Waals surface area contributed by atoms with Crippen molar-refractivity contribution in [1.82, 2.24) is 19.9 Å². The molecule has 5 rings (SSSR count). The number of aromatic nitrogens is 3. The molecular formula is C23H24N6O3. The molecule has 0 spiro atoms. The van der Waals surface area contributed by atoms with Crippen LogP contribution in [0.4, 0.5) is 11.4 Å². The number of imidazole rings is 1. The van der Waals surface area contributed by atoms with Gasteiger partial charge in [0.05, 0.1) is 34.9 Å². The summed E-state index contributed by atoms with van der Waals surface area (Å²) in [4.78, 5) is 40.1. The number of fused-ring (bicyclic) bond motifs is 2. The van der Waals surface area contributed by atoms with E-state index in [9.17, 15) is 9.59 Å². The Morgan fingerprint density at radius 1 is 1.06 bits per heavy atom. The smallest absolute Gasteiger partial charge is 0.337 e. The van der Waals surface area contributed by atoms with Crippen LogP contribution in [0.15, 0.2) is 41.2 Å². The number of carbonyl (C=O) groups is 1. The van der Waals surface area contributed by atoms with Crippen molar-refractivity contribution in [2.24, 2.45) is 0 Å². The molecule has 1 fully saturated rings. The number of nitrogens with zero attached hydrogens (tertiary/aromatic N) is 3. The van der Waals surface area contributed by atoms with Crippen molar-refractivity contribution < 1.29 is 9.53 Å². The lowest BCUT2D eigenvalue weighted by atomic mass is 10.1. The number of nitrogen functional groups attached to an aromatic ring is 1.